The second kappa shape index (κ2) is 9.71. The van der Waals surface area contributed by atoms with E-state index in [-0.39, 0.29) is 34.6 Å². The summed E-state index contributed by atoms with van der Waals surface area (Å²) in [5.74, 6) is -3.16. The summed E-state index contributed by atoms with van der Waals surface area (Å²) >= 11 is 5.94. The zero-order valence-corrected chi connectivity index (χ0v) is 18.8. The summed E-state index contributed by atoms with van der Waals surface area (Å²) in [5, 5.41) is 0.382. The zero-order chi connectivity index (χ0) is 25.2. The van der Waals surface area contributed by atoms with Gasteiger partial charge < -0.3 is 18.6 Å². The lowest BCUT2D eigenvalue weighted by Crippen LogP contribution is -2.15. The molecule has 0 aliphatic carbocycles. The lowest BCUT2D eigenvalue weighted by Gasteiger charge is -2.14. The highest BCUT2D eigenvalue weighted by Gasteiger charge is 2.40. The molecule has 0 N–H and O–H groups in total. The van der Waals surface area contributed by atoms with Gasteiger partial charge in [-0.05, 0) is 54.1 Å². The monoisotopic (exact) mass is 504 g/mol. The van der Waals surface area contributed by atoms with Crippen LogP contribution in [0.15, 0.2) is 75.9 Å². The molecule has 0 unspecified atom stereocenters. The minimum absolute atomic E-state index is 0.101. The van der Waals surface area contributed by atoms with Crippen LogP contribution >= 0.6 is 11.6 Å². The van der Waals surface area contributed by atoms with Crippen molar-refractivity contribution in [2.45, 2.75) is 12.8 Å². The highest BCUT2D eigenvalue weighted by molar-refractivity contribution is 6.30. The fraction of sp³-hybridized carbons (Fsp3) is 0.120. The maximum atomic E-state index is 13.8. The number of hydrogen-bond donors (Lipinski definition) is 0. The number of benzene rings is 3. The van der Waals surface area contributed by atoms with E-state index in [0.717, 1.165) is 5.56 Å². The molecule has 0 saturated carbocycles. The van der Waals surface area contributed by atoms with E-state index < -0.39 is 29.1 Å². The van der Waals surface area contributed by atoms with Crippen molar-refractivity contribution in [1.29, 1.82) is 0 Å². The number of alkyl halides is 3. The molecule has 0 saturated heterocycles. The SMILES string of the molecule is COC(=O)c1ccc(Oc2c(C(F)(F)F)oc3cc(OCc4cccc(Cl)c4)ccc3c2=O)cc1. The molecule has 4 aromatic rings. The fourth-order valence-electron chi connectivity index (χ4n) is 3.21. The molecule has 0 radical (unpaired) electrons. The van der Waals surface area contributed by atoms with E-state index in [0.29, 0.717) is 5.02 Å². The third-order valence-electron chi connectivity index (χ3n) is 4.87. The summed E-state index contributed by atoms with van der Waals surface area (Å²) in [5.41, 5.74) is -0.431. The summed E-state index contributed by atoms with van der Waals surface area (Å²) in [6.45, 7) is 0.102. The van der Waals surface area contributed by atoms with Gasteiger partial charge in [-0.2, -0.15) is 13.2 Å². The van der Waals surface area contributed by atoms with Crippen LogP contribution in [0.4, 0.5) is 13.2 Å². The molecule has 0 bridgehead atoms. The summed E-state index contributed by atoms with van der Waals surface area (Å²) in [4.78, 5) is 24.5. The van der Waals surface area contributed by atoms with E-state index in [9.17, 15) is 22.8 Å². The van der Waals surface area contributed by atoms with Gasteiger partial charge in [0.2, 0.25) is 11.2 Å². The van der Waals surface area contributed by atoms with Gasteiger partial charge in [-0.25, -0.2) is 4.79 Å². The van der Waals surface area contributed by atoms with Crippen molar-refractivity contribution in [1.82, 2.24) is 0 Å². The number of esters is 1. The van der Waals surface area contributed by atoms with E-state index in [2.05, 4.69) is 4.74 Å². The minimum atomic E-state index is -5.02. The fourth-order valence-corrected chi connectivity index (χ4v) is 3.43. The Labute approximate surface area is 201 Å². The van der Waals surface area contributed by atoms with Crippen LogP contribution in [0.3, 0.4) is 0 Å². The molecule has 0 aliphatic rings. The standard InChI is InChI=1S/C25H16ClF3O6/c1-32-24(31)15-5-7-17(8-6-15)34-22-21(30)19-10-9-18(12-20(19)35-23(22)25(27,28)29)33-13-14-3-2-4-16(26)11-14/h2-12H,13H2,1H3. The number of halogens is 4. The van der Waals surface area contributed by atoms with Gasteiger partial charge in [-0.15, -0.1) is 0 Å². The van der Waals surface area contributed by atoms with Gasteiger partial charge in [0, 0.05) is 11.1 Å². The molecule has 1 heterocycles. The number of rotatable bonds is 6. The molecule has 0 spiro atoms. The number of carbonyl (C=O) groups is 1. The molecular formula is C25H16ClF3O6. The van der Waals surface area contributed by atoms with E-state index in [1.807, 2.05) is 0 Å². The molecule has 4 rings (SSSR count). The lowest BCUT2D eigenvalue weighted by molar-refractivity contribution is -0.154. The Kier molecular flexibility index (Phi) is 6.70. The quantitative estimate of drug-likeness (QED) is 0.275. The smallest absolute Gasteiger partial charge is 0.453 e. The van der Waals surface area contributed by atoms with Gasteiger partial charge in [0.15, 0.2) is 0 Å². The van der Waals surface area contributed by atoms with Crippen LogP contribution in [0.5, 0.6) is 17.2 Å². The molecule has 0 aliphatic heterocycles. The topological polar surface area (TPSA) is 75.0 Å². The lowest BCUT2D eigenvalue weighted by atomic mass is 10.2. The molecule has 1 aromatic heterocycles. The van der Waals surface area contributed by atoms with Gasteiger partial charge in [0.1, 0.15) is 23.7 Å². The van der Waals surface area contributed by atoms with Crippen molar-refractivity contribution in [2.75, 3.05) is 7.11 Å². The minimum Gasteiger partial charge on any atom is -0.489 e. The molecular weight excluding hydrogens is 489 g/mol. The van der Waals surface area contributed by atoms with Crippen LogP contribution in [-0.4, -0.2) is 13.1 Å². The summed E-state index contributed by atoms with van der Waals surface area (Å²) < 4.78 is 61.8. The second-order valence-electron chi connectivity index (χ2n) is 7.28. The van der Waals surface area contributed by atoms with Gasteiger partial charge in [0.25, 0.3) is 5.76 Å². The van der Waals surface area contributed by atoms with E-state index in [4.69, 9.17) is 25.5 Å². The third kappa shape index (κ3) is 5.41. The van der Waals surface area contributed by atoms with Crippen LogP contribution in [-0.2, 0) is 17.5 Å². The Morgan fingerprint density at radius 3 is 2.37 bits per heavy atom. The number of methoxy groups -OCH3 is 1. The van der Waals surface area contributed by atoms with Crippen molar-refractivity contribution in [2.24, 2.45) is 0 Å². The van der Waals surface area contributed by atoms with Crippen molar-refractivity contribution < 1.29 is 36.6 Å². The maximum absolute atomic E-state index is 13.8. The molecule has 6 nitrogen and oxygen atoms in total. The second-order valence-corrected chi connectivity index (χ2v) is 7.72. The van der Waals surface area contributed by atoms with E-state index in [1.165, 1.54) is 49.6 Å². The normalized spacial score (nSPS) is 11.3. The Balaban J connectivity index is 1.68. The van der Waals surface area contributed by atoms with Crippen LogP contribution < -0.4 is 14.9 Å². The van der Waals surface area contributed by atoms with Crippen molar-refractivity contribution in [3.8, 4) is 17.2 Å². The molecule has 180 valence electrons. The van der Waals surface area contributed by atoms with Crippen molar-refractivity contribution >= 4 is 28.5 Å². The van der Waals surface area contributed by atoms with Crippen LogP contribution in [0.2, 0.25) is 5.02 Å². The van der Waals surface area contributed by atoms with Crippen molar-refractivity contribution in [3.63, 3.8) is 0 Å². The average Bonchev–Trinajstić information content (AvgIpc) is 2.83. The highest BCUT2D eigenvalue weighted by Crippen LogP contribution is 2.38. The van der Waals surface area contributed by atoms with Crippen LogP contribution in [0, 0.1) is 0 Å². The van der Waals surface area contributed by atoms with Gasteiger partial charge >= 0.3 is 12.1 Å². The summed E-state index contributed by atoms with van der Waals surface area (Å²) in [6, 6.07) is 15.9. The third-order valence-corrected chi connectivity index (χ3v) is 5.10. The summed E-state index contributed by atoms with van der Waals surface area (Å²) in [7, 11) is 1.19. The zero-order valence-electron chi connectivity index (χ0n) is 18.0. The largest absolute Gasteiger partial charge is 0.489 e. The number of carbonyl (C=O) groups excluding carboxylic acids is 1. The average molecular weight is 505 g/mol. The molecule has 0 fully saturated rings. The van der Waals surface area contributed by atoms with E-state index in [1.54, 1.807) is 24.3 Å². The Hall–Kier alpha value is -3.98. The highest BCUT2D eigenvalue weighted by atomic mass is 35.5. The predicted molar refractivity (Wildman–Crippen MR) is 121 cm³/mol. The molecule has 10 heteroatoms. The van der Waals surface area contributed by atoms with Crippen LogP contribution in [0.1, 0.15) is 21.7 Å². The van der Waals surface area contributed by atoms with E-state index >= 15 is 0 Å². The Morgan fingerprint density at radius 2 is 1.71 bits per heavy atom. The number of fused-ring (bicyclic) bond motifs is 1. The molecule has 0 amide bonds. The van der Waals surface area contributed by atoms with Crippen LogP contribution in [0.25, 0.3) is 11.0 Å². The molecule has 35 heavy (non-hydrogen) atoms. The first-order valence-electron chi connectivity index (χ1n) is 10.1. The van der Waals surface area contributed by atoms with Gasteiger partial charge in [-0.3, -0.25) is 4.79 Å². The molecule has 3 aromatic carbocycles. The first-order valence-corrected chi connectivity index (χ1v) is 10.4. The van der Waals surface area contributed by atoms with Gasteiger partial charge in [-0.1, -0.05) is 23.7 Å². The Morgan fingerprint density at radius 1 is 1.00 bits per heavy atom. The number of ether oxygens (including phenoxy) is 3. The first-order chi connectivity index (χ1) is 16.7. The Bertz CT molecular complexity index is 1440. The number of hydrogen-bond acceptors (Lipinski definition) is 6. The maximum Gasteiger partial charge on any atom is 0.453 e. The predicted octanol–water partition coefficient (Wildman–Crippen LogP) is 6.62. The molecule has 0 atom stereocenters. The first kappa shape index (κ1) is 24.2. The van der Waals surface area contributed by atoms with Crippen molar-refractivity contribution in [3.05, 3.63) is 98.9 Å². The summed E-state index contributed by atoms with van der Waals surface area (Å²) in [6.07, 6.45) is -5.02. The van der Waals surface area contributed by atoms with Gasteiger partial charge in [0.05, 0.1) is 18.1 Å².